The van der Waals surface area contributed by atoms with Crippen LogP contribution in [0.25, 0.3) is 21.3 Å². The van der Waals surface area contributed by atoms with Crippen LogP contribution in [0.4, 0.5) is 0 Å². The lowest BCUT2D eigenvalue weighted by Gasteiger charge is -2.08. The highest BCUT2D eigenvalue weighted by atomic mass is 32.2. The maximum Gasteiger partial charge on any atom is 0.250 e. The van der Waals surface area contributed by atoms with Crippen molar-refractivity contribution in [3.8, 4) is 16.3 Å². The number of benzene rings is 3. The third kappa shape index (κ3) is 4.67. The van der Waals surface area contributed by atoms with Crippen molar-refractivity contribution in [1.82, 2.24) is 15.6 Å². The molecule has 1 heterocycles. The van der Waals surface area contributed by atoms with Crippen LogP contribution in [0, 0.1) is 0 Å². The van der Waals surface area contributed by atoms with E-state index in [1.54, 1.807) is 13.3 Å². The number of thioether (sulfide) groups is 1. The second-order valence-electron chi connectivity index (χ2n) is 6.22. The average Bonchev–Trinajstić information content (AvgIpc) is 3.27. The molecule has 0 unspecified atom stereocenters. The summed E-state index contributed by atoms with van der Waals surface area (Å²) < 4.78 is 6.17. The normalized spacial score (nSPS) is 11.1. The molecule has 30 heavy (non-hydrogen) atoms. The molecule has 0 spiro atoms. The summed E-state index contributed by atoms with van der Waals surface area (Å²) in [5.41, 5.74) is 4.40. The van der Waals surface area contributed by atoms with Gasteiger partial charge in [0.25, 0.3) is 5.91 Å². The van der Waals surface area contributed by atoms with Gasteiger partial charge in [-0.25, -0.2) is 5.43 Å². The van der Waals surface area contributed by atoms with Crippen molar-refractivity contribution in [2.75, 3.05) is 12.9 Å². The maximum atomic E-state index is 12.2. The van der Waals surface area contributed by atoms with Crippen molar-refractivity contribution >= 4 is 46.0 Å². The van der Waals surface area contributed by atoms with E-state index in [2.05, 4.69) is 20.7 Å². The lowest BCUT2D eigenvalue weighted by molar-refractivity contribution is -0.118. The number of hydrogen-bond acceptors (Lipinski definition) is 7. The lowest BCUT2D eigenvalue weighted by Crippen LogP contribution is -2.19. The van der Waals surface area contributed by atoms with E-state index in [0.29, 0.717) is 5.75 Å². The molecule has 0 fully saturated rings. The van der Waals surface area contributed by atoms with Crippen LogP contribution >= 0.6 is 23.1 Å². The molecular formula is C22H18N4O2S2. The Hall–Kier alpha value is -3.23. The van der Waals surface area contributed by atoms with Gasteiger partial charge >= 0.3 is 0 Å². The van der Waals surface area contributed by atoms with Gasteiger partial charge in [-0.2, -0.15) is 5.10 Å². The number of amides is 1. The molecule has 0 aliphatic carbocycles. The molecule has 0 aliphatic rings. The number of fused-ring (bicyclic) bond motifs is 1. The van der Waals surface area contributed by atoms with Gasteiger partial charge in [0.2, 0.25) is 0 Å². The molecule has 0 saturated heterocycles. The molecule has 4 rings (SSSR count). The fourth-order valence-electron chi connectivity index (χ4n) is 2.88. The molecule has 1 aromatic heterocycles. The zero-order valence-corrected chi connectivity index (χ0v) is 17.7. The van der Waals surface area contributed by atoms with Crippen molar-refractivity contribution in [1.29, 1.82) is 0 Å². The van der Waals surface area contributed by atoms with Gasteiger partial charge in [0.15, 0.2) is 4.34 Å². The van der Waals surface area contributed by atoms with E-state index < -0.39 is 0 Å². The van der Waals surface area contributed by atoms with Gasteiger partial charge in [-0.15, -0.1) is 10.2 Å². The number of methoxy groups -OCH3 is 1. The Bertz CT molecular complexity index is 1190. The summed E-state index contributed by atoms with van der Waals surface area (Å²) in [5.74, 6) is 0.684. The van der Waals surface area contributed by atoms with Crippen molar-refractivity contribution in [2.24, 2.45) is 5.10 Å². The van der Waals surface area contributed by atoms with Gasteiger partial charge in [-0.3, -0.25) is 4.79 Å². The second-order valence-corrected chi connectivity index (χ2v) is 8.42. The number of nitrogens with one attached hydrogen (secondary N) is 1. The largest absolute Gasteiger partial charge is 0.496 e. The summed E-state index contributed by atoms with van der Waals surface area (Å²) in [5, 5.41) is 15.4. The van der Waals surface area contributed by atoms with Crippen LogP contribution in [0.3, 0.4) is 0 Å². The number of carbonyl (C=O) groups excluding carboxylic acids is 1. The minimum absolute atomic E-state index is 0.202. The number of nitrogens with zero attached hydrogens (tertiary/aromatic N) is 3. The number of hydrazone groups is 1. The van der Waals surface area contributed by atoms with E-state index in [0.717, 1.165) is 31.2 Å². The quantitative estimate of drug-likeness (QED) is 0.261. The molecule has 0 bridgehead atoms. The second kappa shape index (κ2) is 9.51. The summed E-state index contributed by atoms with van der Waals surface area (Å²) >= 11 is 2.80. The molecule has 8 heteroatoms. The van der Waals surface area contributed by atoms with Crippen molar-refractivity contribution in [3.63, 3.8) is 0 Å². The SMILES string of the molecule is COc1ccc2ccccc2c1C=NNC(=O)CSc1nnc(-c2ccccc2)s1. The summed E-state index contributed by atoms with van der Waals surface area (Å²) in [4.78, 5) is 12.2. The van der Waals surface area contributed by atoms with Crippen molar-refractivity contribution < 1.29 is 9.53 Å². The van der Waals surface area contributed by atoms with Crippen LogP contribution in [-0.4, -0.2) is 35.2 Å². The molecule has 0 atom stereocenters. The first-order chi connectivity index (χ1) is 14.7. The Labute approximate surface area is 182 Å². The van der Waals surface area contributed by atoms with Gasteiger partial charge in [0, 0.05) is 11.1 Å². The van der Waals surface area contributed by atoms with Crippen molar-refractivity contribution in [2.45, 2.75) is 4.34 Å². The van der Waals surface area contributed by atoms with Crippen LogP contribution in [0.15, 0.2) is 76.2 Å². The zero-order chi connectivity index (χ0) is 20.8. The fourth-order valence-corrected chi connectivity index (χ4v) is 4.53. The first-order valence-electron chi connectivity index (χ1n) is 9.14. The first-order valence-corrected chi connectivity index (χ1v) is 10.9. The number of ether oxygens (including phenoxy) is 1. The van der Waals surface area contributed by atoms with Gasteiger partial charge in [-0.1, -0.05) is 83.8 Å². The fraction of sp³-hybridized carbons (Fsp3) is 0.0909. The first kappa shape index (κ1) is 20.1. The minimum atomic E-state index is -0.216. The van der Waals surface area contributed by atoms with Crippen LogP contribution in [-0.2, 0) is 4.79 Å². The maximum absolute atomic E-state index is 12.2. The summed E-state index contributed by atoms with van der Waals surface area (Å²) in [7, 11) is 1.61. The highest BCUT2D eigenvalue weighted by Crippen LogP contribution is 2.29. The molecule has 0 aliphatic heterocycles. The lowest BCUT2D eigenvalue weighted by atomic mass is 10.0. The number of carbonyl (C=O) groups is 1. The Morgan fingerprint density at radius 2 is 1.90 bits per heavy atom. The zero-order valence-electron chi connectivity index (χ0n) is 16.1. The van der Waals surface area contributed by atoms with Crippen LogP contribution in [0.5, 0.6) is 5.75 Å². The standard InChI is InChI=1S/C22H18N4O2S2/c1-28-19-12-11-15-7-5-6-10-17(15)18(19)13-23-24-20(27)14-29-22-26-25-21(30-22)16-8-3-2-4-9-16/h2-13H,14H2,1H3,(H,24,27). The third-order valence-corrected chi connectivity index (χ3v) is 6.39. The molecule has 1 amide bonds. The summed E-state index contributed by atoms with van der Waals surface area (Å²) in [6, 6.07) is 21.7. The van der Waals surface area contributed by atoms with Crippen molar-refractivity contribution in [3.05, 3.63) is 72.3 Å². The predicted molar refractivity (Wildman–Crippen MR) is 122 cm³/mol. The Morgan fingerprint density at radius 1 is 1.10 bits per heavy atom. The Balaban J connectivity index is 1.37. The van der Waals surface area contributed by atoms with E-state index in [9.17, 15) is 4.79 Å². The smallest absolute Gasteiger partial charge is 0.250 e. The predicted octanol–water partition coefficient (Wildman–Crippen LogP) is 4.61. The van der Waals surface area contributed by atoms with Gasteiger partial charge in [0.05, 0.1) is 19.1 Å². The van der Waals surface area contributed by atoms with E-state index >= 15 is 0 Å². The van der Waals surface area contributed by atoms with Crippen LogP contribution < -0.4 is 10.2 Å². The molecule has 0 radical (unpaired) electrons. The molecule has 6 nitrogen and oxygen atoms in total. The van der Waals surface area contributed by atoms with Gasteiger partial charge < -0.3 is 4.74 Å². The number of aromatic nitrogens is 2. The molecule has 3 aromatic carbocycles. The molecule has 4 aromatic rings. The molecular weight excluding hydrogens is 416 g/mol. The highest BCUT2D eigenvalue weighted by molar-refractivity contribution is 8.01. The summed E-state index contributed by atoms with van der Waals surface area (Å²) in [6.45, 7) is 0. The minimum Gasteiger partial charge on any atom is -0.496 e. The summed E-state index contributed by atoms with van der Waals surface area (Å²) in [6.07, 6.45) is 1.61. The highest BCUT2D eigenvalue weighted by Gasteiger charge is 2.10. The Morgan fingerprint density at radius 3 is 2.73 bits per heavy atom. The number of rotatable bonds is 7. The molecule has 0 saturated carbocycles. The number of hydrogen-bond donors (Lipinski definition) is 1. The topological polar surface area (TPSA) is 76.5 Å². The molecule has 1 N–H and O–H groups in total. The van der Waals surface area contributed by atoms with E-state index in [4.69, 9.17) is 4.74 Å². The van der Waals surface area contributed by atoms with Crippen LogP contribution in [0.2, 0.25) is 0 Å². The van der Waals surface area contributed by atoms with Crippen LogP contribution in [0.1, 0.15) is 5.56 Å². The average molecular weight is 435 g/mol. The third-order valence-electron chi connectivity index (χ3n) is 4.29. The monoisotopic (exact) mass is 434 g/mol. The van der Waals surface area contributed by atoms with E-state index in [1.165, 1.54) is 23.1 Å². The molecule has 150 valence electrons. The van der Waals surface area contributed by atoms with E-state index in [1.807, 2.05) is 66.7 Å². The van der Waals surface area contributed by atoms with E-state index in [-0.39, 0.29) is 11.7 Å². The Kier molecular flexibility index (Phi) is 6.36. The van der Waals surface area contributed by atoms with Gasteiger partial charge in [-0.05, 0) is 16.8 Å². The van der Waals surface area contributed by atoms with Gasteiger partial charge in [0.1, 0.15) is 10.8 Å².